The third-order valence-electron chi connectivity index (χ3n) is 8.39. The molecule has 4 aromatic rings. The first-order valence-corrected chi connectivity index (χ1v) is 13.7. The number of pyridine rings is 3. The van der Waals surface area contributed by atoms with Crippen molar-refractivity contribution < 1.29 is 17.6 Å². The van der Waals surface area contributed by atoms with E-state index in [2.05, 4.69) is 16.9 Å². The lowest BCUT2D eigenvalue weighted by Gasteiger charge is -2.37. The molecule has 1 saturated carbocycles. The fourth-order valence-electron chi connectivity index (χ4n) is 6.04. The standard InChI is InChI=1S/C31H33F4N5/c1-5-31(13-7-6-8-14-31)17-19-15-22(20-9-11-25(32)38-27(20)34)36-24(16-19)30(2,3)29-37-23(18-40(29)4)21-10-12-26(33)39-28(21)35/h9-12,15-16,18H,5-8,13-14,17H2,1-4H3. The fraction of sp³-hybridized carbons (Fsp3) is 0.419. The monoisotopic (exact) mass is 551 g/mol. The van der Waals surface area contributed by atoms with E-state index in [1.165, 1.54) is 31.4 Å². The van der Waals surface area contributed by atoms with E-state index in [0.717, 1.165) is 43.4 Å². The summed E-state index contributed by atoms with van der Waals surface area (Å²) < 4.78 is 58.2. The molecule has 0 bridgehead atoms. The van der Waals surface area contributed by atoms with Gasteiger partial charge in [-0.3, -0.25) is 4.98 Å². The molecular formula is C31H33F4N5. The van der Waals surface area contributed by atoms with Gasteiger partial charge in [0, 0.05) is 13.2 Å². The molecule has 40 heavy (non-hydrogen) atoms. The molecule has 0 spiro atoms. The van der Waals surface area contributed by atoms with Crippen LogP contribution >= 0.6 is 0 Å². The number of hydrogen-bond donors (Lipinski definition) is 0. The first-order valence-electron chi connectivity index (χ1n) is 13.7. The van der Waals surface area contributed by atoms with Crippen LogP contribution in [0.15, 0.2) is 42.6 Å². The van der Waals surface area contributed by atoms with Crippen molar-refractivity contribution in [3.8, 4) is 22.5 Å². The molecule has 0 unspecified atom stereocenters. The van der Waals surface area contributed by atoms with E-state index >= 15 is 0 Å². The third kappa shape index (κ3) is 5.38. The van der Waals surface area contributed by atoms with Gasteiger partial charge in [-0.1, -0.05) is 32.6 Å². The van der Waals surface area contributed by atoms with Crippen molar-refractivity contribution >= 4 is 0 Å². The smallest absolute Gasteiger partial charge is 0.225 e. The van der Waals surface area contributed by atoms with Crippen LogP contribution in [0.5, 0.6) is 0 Å². The summed E-state index contributed by atoms with van der Waals surface area (Å²) in [4.78, 5) is 16.2. The van der Waals surface area contributed by atoms with Gasteiger partial charge < -0.3 is 4.57 Å². The Morgan fingerprint density at radius 2 is 1.40 bits per heavy atom. The summed E-state index contributed by atoms with van der Waals surface area (Å²) in [7, 11) is 1.80. The zero-order valence-corrected chi connectivity index (χ0v) is 23.2. The fourth-order valence-corrected chi connectivity index (χ4v) is 6.04. The van der Waals surface area contributed by atoms with Crippen LogP contribution in [0.2, 0.25) is 0 Å². The van der Waals surface area contributed by atoms with Gasteiger partial charge in [-0.15, -0.1) is 0 Å². The van der Waals surface area contributed by atoms with Gasteiger partial charge in [0.2, 0.25) is 23.8 Å². The number of aromatic nitrogens is 5. The molecule has 4 heterocycles. The minimum Gasteiger partial charge on any atom is -0.337 e. The second kappa shape index (κ2) is 10.7. The molecule has 0 amide bonds. The van der Waals surface area contributed by atoms with E-state index in [1.54, 1.807) is 17.8 Å². The summed E-state index contributed by atoms with van der Waals surface area (Å²) in [6.45, 7) is 6.12. The highest BCUT2D eigenvalue weighted by molar-refractivity contribution is 5.61. The predicted molar refractivity (Wildman–Crippen MR) is 145 cm³/mol. The molecule has 4 aromatic heterocycles. The Labute approximate surface area is 231 Å². The summed E-state index contributed by atoms with van der Waals surface area (Å²) in [6, 6.07) is 8.82. The average Bonchev–Trinajstić information content (AvgIpc) is 3.31. The molecule has 9 heteroatoms. The molecule has 1 aliphatic carbocycles. The topological polar surface area (TPSA) is 56.5 Å². The lowest BCUT2D eigenvalue weighted by atomic mass is 9.68. The van der Waals surface area contributed by atoms with E-state index < -0.39 is 29.2 Å². The third-order valence-corrected chi connectivity index (χ3v) is 8.39. The Morgan fingerprint density at radius 3 is 1.98 bits per heavy atom. The highest BCUT2D eigenvalue weighted by atomic mass is 19.1. The van der Waals surface area contributed by atoms with Gasteiger partial charge in [0.25, 0.3) is 0 Å². The molecule has 210 valence electrons. The molecule has 5 nitrogen and oxygen atoms in total. The van der Waals surface area contributed by atoms with E-state index in [-0.39, 0.29) is 16.5 Å². The van der Waals surface area contributed by atoms with Crippen LogP contribution in [0.3, 0.4) is 0 Å². The number of nitrogens with zero attached hydrogens (tertiary/aromatic N) is 5. The quantitative estimate of drug-likeness (QED) is 0.174. The van der Waals surface area contributed by atoms with E-state index in [1.807, 2.05) is 26.0 Å². The van der Waals surface area contributed by atoms with Crippen LogP contribution in [0.25, 0.3) is 22.5 Å². The SMILES string of the molecule is CCC1(Cc2cc(-c3ccc(F)nc3F)nc(C(C)(C)c3nc(-c4ccc(F)nc4F)cn3C)c2)CCCCC1. The predicted octanol–water partition coefficient (Wildman–Crippen LogP) is 7.72. The normalized spacial score (nSPS) is 15.4. The molecule has 0 atom stereocenters. The average molecular weight is 552 g/mol. The van der Waals surface area contributed by atoms with Crippen LogP contribution < -0.4 is 0 Å². The number of aryl methyl sites for hydroxylation is 1. The molecular weight excluding hydrogens is 518 g/mol. The van der Waals surface area contributed by atoms with E-state index in [4.69, 9.17) is 9.97 Å². The molecule has 1 aliphatic rings. The number of halogens is 4. The molecule has 0 N–H and O–H groups in total. The molecule has 0 aliphatic heterocycles. The van der Waals surface area contributed by atoms with Crippen LogP contribution in [0.4, 0.5) is 17.6 Å². The second-order valence-corrected chi connectivity index (χ2v) is 11.5. The first kappa shape index (κ1) is 27.9. The van der Waals surface area contributed by atoms with Crippen molar-refractivity contribution in [3.63, 3.8) is 0 Å². The number of hydrogen-bond acceptors (Lipinski definition) is 4. The Hall–Kier alpha value is -3.62. The number of rotatable bonds is 7. The van der Waals surface area contributed by atoms with Gasteiger partial charge in [-0.2, -0.15) is 27.5 Å². The maximum Gasteiger partial charge on any atom is 0.225 e. The van der Waals surface area contributed by atoms with Gasteiger partial charge in [-0.25, -0.2) is 4.98 Å². The summed E-state index contributed by atoms with van der Waals surface area (Å²) in [5.41, 5.74) is 1.91. The molecule has 1 fully saturated rings. The van der Waals surface area contributed by atoms with Gasteiger partial charge >= 0.3 is 0 Å². The largest absolute Gasteiger partial charge is 0.337 e. The van der Waals surface area contributed by atoms with Crippen LogP contribution in [-0.2, 0) is 18.9 Å². The van der Waals surface area contributed by atoms with Crippen molar-refractivity contribution in [2.45, 2.75) is 71.1 Å². The summed E-state index contributed by atoms with van der Waals surface area (Å²) >= 11 is 0. The Kier molecular flexibility index (Phi) is 7.50. The zero-order chi connectivity index (χ0) is 28.7. The maximum atomic E-state index is 14.9. The van der Waals surface area contributed by atoms with Gasteiger partial charge in [-0.05, 0) is 80.5 Å². The molecule has 5 rings (SSSR count). The van der Waals surface area contributed by atoms with Crippen molar-refractivity contribution in [2.24, 2.45) is 12.5 Å². The van der Waals surface area contributed by atoms with Crippen LogP contribution in [0, 0.1) is 29.2 Å². The Morgan fingerprint density at radius 1 is 0.800 bits per heavy atom. The Balaban J connectivity index is 1.62. The Bertz CT molecular complexity index is 1540. The highest BCUT2D eigenvalue weighted by Crippen LogP contribution is 2.43. The van der Waals surface area contributed by atoms with Gasteiger partial charge in [0.05, 0.1) is 33.6 Å². The van der Waals surface area contributed by atoms with Crippen molar-refractivity contribution in [1.82, 2.24) is 24.5 Å². The highest BCUT2D eigenvalue weighted by Gasteiger charge is 2.34. The molecule has 0 radical (unpaired) electrons. The van der Waals surface area contributed by atoms with Gasteiger partial charge in [0.15, 0.2) is 0 Å². The van der Waals surface area contributed by atoms with Crippen molar-refractivity contribution in [1.29, 1.82) is 0 Å². The van der Waals surface area contributed by atoms with Gasteiger partial charge in [0.1, 0.15) is 5.82 Å². The molecule has 0 aromatic carbocycles. The minimum atomic E-state index is -0.943. The minimum absolute atomic E-state index is 0.0862. The van der Waals surface area contributed by atoms with E-state index in [9.17, 15) is 17.6 Å². The summed E-state index contributed by atoms with van der Waals surface area (Å²) in [5, 5.41) is 0. The van der Waals surface area contributed by atoms with E-state index in [0.29, 0.717) is 22.9 Å². The number of imidazole rings is 1. The maximum absolute atomic E-state index is 14.9. The van der Waals surface area contributed by atoms with Crippen molar-refractivity contribution in [3.05, 3.63) is 83.5 Å². The second-order valence-electron chi connectivity index (χ2n) is 11.5. The van der Waals surface area contributed by atoms with Crippen molar-refractivity contribution in [2.75, 3.05) is 0 Å². The molecule has 0 saturated heterocycles. The summed E-state index contributed by atoms with van der Waals surface area (Å²) in [5.74, 6) is -3.08. The lowest BCUT2D eigenvalue weighted by Crippen LogP contribution is -2.28. The summed E-state index contributed by atoms with van der Waals surface area (Å²) in [6.07, 6.45) is 9.39. The van der Waals surface area contributed by atoms with Crippen LogP contribution in [0.1, 0.15) is 76.4 Å². The zero-order valence-electron chi connectivity index (χ0n) is 23.2. The van der Waals surface area contributed by atoms with Crippen LogP contribution in [-0.4, -0.2) is 24.5 Å². The first-order chi connectivity index (χ1) is 19.0. The lowest BCUT2D eigenvalue weighted by molar-refractivity contribution is 0.179.